The van der Waals surface area contributed by atoms with Gasteiger partial charge >= 0.3 is 0 Å². The van der Waals surface area contributed by atoms with E-state index in [1.165, 1.54) is 0 Å². The van der Waals surface area contributed by atoms with E-state index in [0.717, 1.165) is 35.1 Å². The van der Waals surface area contributed by atoms with Gasteiger partial charge in [0.2, 0.25) is 5.95 Å². The van der Waals surface area contributed by atoms with Crippen LogP contribution in [0.1, 0.15) is 37.3 Å². The van der Waals surface area contributed by atoms with Crippen molar-refractivity contribution < 1.29 is 9.47 Å². The second-order valence-corrected chi connectivity index (χ2v) is 8.46. The van der Waals surface area contributed by atoms with E-state index in [9.17, 15) is 5.26 Å². The lowest BCUT2D eigenvalue weighted by Crippen LogP contribution is -2.13. The first-order valence-electron chi connectivity index (χ1n) is 11.0. The molecule has 2 aromatic carbocycles. The van der Waals surface area contributed by atoms with Gasteiger partial charge in [-0.1, -0.05) is 12.1 Å². The highest BCUT2D eigenvalue weighted by Gasteiger charge is 2.43. The Morgan fingerprint density at radius 3 is 2.48 bits per heavy atom. The Morgan fingerprint density at radius 1 is 1.09 bits per heavy atom. The van der Waals surface area contributed by atoms with E-state index in [1.54, 1.807) is 6.20 Å². The van der Waals surface area contributed by atoms with Crippen LogP contribution in [0.25, 0.3) is 11.1 Å². The van der Waals surface area contributed by atoms with Crippen LogP contribution in [0.15, 0.2) is 42.6 Å². The first-order chi connectivity index (χ1) is 15.9. The number of nitriles is 1. The molecule has 3 aromatic rings. The zero-order valence-electron chi connectivity index (χ0n) is 18.7. The van der Waals surface area contributed by atoms with Crippen molar-refractivity contribution >= 4 is 17.5 Å². The van der Waals surface area contributed by atoms with Crippen LogP contribution in [0.2, 0.25) is 0 Å². The third-order valence-electron chi connectivity index (χ3n) is 5.86. The van der Waals surface area contributed by atoms with Gasteiger partial charge in [0.15, 0.2) is 0 Å². The van der Waals surface area contributed by atoms with Crippen LogP contribution in [-0.2, 0) is 6.42 Å². The lowest BCUT2D eigenvalue weighted by molar-refractivity contribution is 0.236. The highest BCUT2D eigenvalue weighted by molar-refractivity contribution is 5.79. The summed E-state index contributed by atoms with van der Waals surface area (Å²) in [5.41, 5.74) is 21.8. The highest BCUT2D eigenvalue weighted by Crippen LogP contribution is 2.50. The molecule has 8 nitrogen and oxygen atoms in total. The molecule has 33 heavy (non-hydrogen) atoms. The molecule has 0 spiro atoms. The SMILES string of the molecule is CCOc1cc(Cc2cnc(N)nc2N)cc(OCC2(CC#N)CC2)c1-c1cccc(N)c1. The summed E-state index contributed by atoms with van der Waals surface area (Å²) in [6.07, 6.45) is 4.59. The molecule has 1 aromatic heterocycles. The molecule has 1 aliphatic rings. The summed E-state index contributed by atoms with van der Waals surface area (Å²) in [6, 6.07) is 13.9. The van der Waals surface area contributed by atoms with Gasteiger partial charge in [0.05, 0.1) is 24.8 Å². The molecule has 1 aliphatic carbocycles. The number of nitrogens with zero attached hydrogens (tertiary/aromatic N) is 3. The Balaban J connectivity index is 1.77. The van der Waals surface area contributed by atoms with Gasteiger partial charge < -0.3 is 26.7 Å². The average Bonchev–Trinajstić information content (AvgIpc) is 3.54. The van der Waals surface area contributed by atoms with E-state index in [0.29, 0.717) is 49.1 Å². The van der Waals surface area contributed by atoms with E-state index in [2.05, 4.69) is 16.0 Å². The zero-order chi connectivity index (χ0) is 23.4. The number of hydrogen-bond acceptors (Lipinski definition) is 8. The second kappa shape index (κ2) is 9.25. The summed E-state index contributed by atoms with van der Waals surface area (Å²) in [7, 11) is 0. The molecule has 0 aliphatic heterocycles. The van der Waals surface area contributed by atoms with Crippen LogP contribution in [0, 0.1) is 16.7 Å². The molecule has 0 bridgehead atoms. The maximum absolute atomic E-state index is 9.20. The van der Waals surface area contributed by atoms with E-state index >= 15 is 0 Å². The van der Waals surface area contributed by atoms with E-state index < -0.39 is 0 Å². The number of nitrogen functional groups attached to an aromatic ring is 3. The molecular formula is C25H28N6O2. The Bertz CT molecular complexity index is 1200. The second-order valence-electron chi connectivity index (χ2n) is 8.46. The molecule has 1 heterocycles. The molecule has 0 atom stereocenters. The summed E-state index contributed by atoms with van der Waals surface area (Å²) < 4.78 is 12.4. The summed E-state index contributed by atoms with van der Waals surface area (Å²) in [5, 5.41) is 9.20. The maximum atomic E-state index is 9.20. The normalized spacial score (nSPS) is 13.8. The predicted octanol–water partition coefficient (Wildman–Crippen LogP) is 3.95. The molecule has 8 heteroatoms. The number of hydrogen-bond donors (Lipinski definition) is 3. The Labute approximate surface area is 193 Å². The van der Waals surface area contributed by atoms with E-state index in [-0.39, 0.29) is 11.4 Å². The average molecular weight is 445 g/mol. The summed E-state index contributed by atoms with van der Waals surface area (Å²) in [4.78, 5) is 8.13. The van der Waals surface area contributed by atoms with E-state index in [1.807, 2.05) is 43.3 Å². The molecule has 0 saturated heterocycles. The molecule has 1 saturated carbocycles. The third-order valence-corrected chi connectivity index (χ3v) is 5.86. The van der Waals surface area contributed by atoms with Crippen LogP contribution in [0.4, 0.5) is 17.5 Å². The number of anilines is 3. The Morgan fingerprint density at radius 2 is 1.85 bits per heavy atom. The molecule has 1 fully saturated rings. The zero-order valence-corrected chi connectivity index (χ0v) is 18.7. The summed E-state index contributed by atoms with van der Waals surface area (Å²) in [5.74, 6) is 1.85. The predicted molar refractivity (Wildman–Crippen MR) is 129 cm³/mol. The lowest BCUT2D eigenvalue weighted by Gasteiger charge is -2.20. The van der Waals surface area contributed by atoms with Gasteiger partial charge in [-0.15, -0.1) is 0 Å². The van der Waals surface area contributed by atoms with Crippen LogP contribution >= 0.6 is 0 Å². The fraction of sp³-hybridized carbons (Fsp3) is 0.320. The van der Waals surface area contributed by atoms with Crippen LogP contribution in [-0.4, -0.2) is 23.2 Å². The van der Waals surface area contributed by atoms with Crippen molar-refractivity contribution in [1.29, 1.82) is 5.26 Å². The van der Waals surface area contributed by atoms with Crippen molar-refractivity contribution in [2.24, 2.45) is 5.41 Å². The Hall–Kier alpha value is -3.99. The first-order valence-corrected chi connectivity index (χ1v) is 11.0. The highest BCUT2D eigenvalue weighted by atomic mass is 16.5. The van der Waals surface area contributed by atoms with Crippen molar-refractivity contribution in [3.63, 3.8) is 0 Å². The largest absolute Gasteiger partial charge is 0.493 e. The minimum atomic E-state index is -0.0707. The minimum absolute atomic E-state index is 0.0707. The maximum Gasteiger partial charge on any atom is 0.221 e. The molecule has 0 unspecified atom stereocenters. The molecule has 170 valence electrons. The van der Waals surface area contributed by atoms with Gasteiger partial charge in [0.1, 0.15) is 17.3 Å². The van der Waals surface area contributed by atoms with Crippen LogP contribution < -0.4 is 26.7 Å². The first kappa shape index (κ1) is 22.2. The smallest absolute Gasteiger partial charge is 0.221 e. The van der Waals surface area contributed by atoms with Gasteiger partial charge in [-0.05, 0) is 55.2 Å². The Kier molecular flexibility index (Phi) is 6.22. The number of aromatic nitrogens is 2. The number of nitrogens with two attached hydrogens (primary N) is 3. The van der Waals surface area contributed by atoms with Gasteiger partial charge in [-0.2, -0.15) is 10.2 Å². The quantitative estimate of drug-likeness (QED) is 0.420. The van der Waals surface area contributed by atoms with Gasteiger partial charge in [0, 0.05) is 35.7 Å². The van der Waals surface area contributed by atoms with Crippen LogP contribution in [0.5, 0.6) is 11.5 Å². The van der Waals surface area contributed by atoms with Crippen molar-refractivity contribution in [2.75, 3.05) is 30.4 Å². The van der Waals surface area contributed by atoms with Crippen molar-refractivity contribution in [1.82, 2.24) is 9.97 Å². The van der Waals surface area contributed by atoms with Crippen LogP contribution in [0.3, 0.4) is 0 Å². The standard InChI is InChI=1S/C25H28N6O2/c1-2-32-20-11-16(10-18-14-30-24(29)31-23(18)28)12-21(33-15-25(6-7-25)8-9-26)22(20)17-4-3-5-19(27)13-17/h3-5,11-14H,2,6-8,10,15,27H2,1H3,(H4,28,29,30,31). The molecule has 6 N–H and O–H groups in total. The molecule has 0 radical (unpaired) electrons. The number of benzene rings is 2. The number of ether oxygens (including phenoxy) is 2. The topological polar surface area (TPSA) is 146 Å². The van der Waals surface area contributed by atoms with Crippen molar-refractivity contribution in [3.05, 3.63) is 53.7 Å². The fourth-order valence-electron chi connectivity index (χ4n) is 3.85. The van der Waals surface area contributed by atoms with Gasteiger partial charge in [0.25, 0.3) is 0 Å². The van der Waals surface area contributed by atoms with Crippen molar-refractivity contribution in [2.45, 2.75) is 32.6 Å². The summed E-state index contributed by atoms with van der Waals surface area (Å²) >= 11 is 0. The van der Waals surface area contributed by atoms with Gasteiger partial charge in [-0.3, -0.25) is 0 Å². The number of rotatable bonds is 9. The fourth-order valence-corrected chi connectivity index (χ4v) is 3.85. The monoisotopic (exact) mass is 444 g/mol. The van der Waals surface area contributed by atoms with Gasteiger partial charge in [-0.25, -0.2) is 4.98 Å². The lowest BCUT2D eigenvalue weighted by atomic mass is 9.97. The molecule has 4 rings (SSSR count). The van der Waals surface area contributed by atoms with E-state index in [4.69, 9.17) is 26.7 Å². The minimum Gasteiger partial charge on any atom is -0.493 e. The van der Waals surface area contributed by atoms with Crippen molar-refractivity contribution in [3.8, 4) is 28.7 Å². The summed E-state index contributed by atoms with van der Waals surface area (Å²) in [6.45, 7) is 2.90. The molecule has 0 amide bonds. The third kappa shape index (κ3) is 5.09. The molecular weight excluding hydrogens is 416 g/mol.